The van der Waals surface area contributed by atoms with Crippen LogP contribution in [0.1, 0.15) is 0 Å². The van der Waals surface area contributed by atoms with Crippen LogP contribution in [0.15, 0.2) is 28.7 Å². The molecule has 0 aliphatic heterocycles. The second-order valence-electron chi connectivity index (χ2n) is 3.51. The summed E-state index contributed by atoms with van der Waals surface area (Å²) >= 11 is 14.5. The number of nitrogens with zero attached hydrogens (tertiary/aromatic N) is 2. The fourth-order valence-corrected chi connectivity index (χ4v) is 2.12. The SMILES string of the molecule is O=[N+]([O-])c1cc(Cl)nc(-c2ccc(Br)c(Cl)c2F)c1. The summed E-state index contributed by atoms with van der Waals surface area (Å²) < 4.78 is 14.4. The monoisotopic (exact) mass is 364 g/mol. The van der Waals surface area contributed by atoms with Crippen LogP contribution >= 0.6 is 39.1 Å². The highest BCUT2D eigenvalue weighted by atomic mass is 79.9. The molecule has 0 amide bonds. The van der Waals surface area contributed by atoms with Crippen LogP contribution in [0.3, 0.4) is 0 Å². The lowest BCUT2D eigenvalue weighted by Crippen LogP contribution is -1.94. The Morgan fingerprint density at radius 3 is 2.63 bits per heavy atom. The third kappa shape index (κ3) is 2.86. The van der Waals surface area contributed by atoms with Gasteiger partial charge in [-0.25, -0.2) is 9.37 Å². The number of benzene rings is 1. The van der Waals surface area contributed by atoms with Gasteiger partial charge in [-0.3, -0.25) is 10.1 Å². The van der Waals surface area contributed by atoms with Crippen molar-refractivity contribution >= 4 is 44.8 Å². The van der Waals surface area contributed by atoms with E-state index in [4.69, 9.17) is 23.2 Å². The maximum absolute atomic E-state index is 14.0. The molecule has 0 unspecified atom stereocenters. The number of pyridine rings is 1. The Kier molecular flexibility index (Phi) is 4.03. The molecule has 4 nitrogen and oxygen atoms in total. The van der Waals surface area contributed by atoms with Crippen molar-refractivity contribution in [1.82, 2.24) is 4.98 Å². The maximum atomic E-state index is 14.0. The van der Waals surface area contributed by atoms with Crippen molar-refractivity contribution in [1.29, 1.82) is 0 Å². The highest BCUT2D eigenvalue weighted by molar-refractivity contribution is 9.10. The van der Waals surface area contributed by atoms with Crippen LogP contribution in [0.25, 0.3) is 11.3 Å². The molecule has 0 saturated carbocycles. The summed E-state index contributed by atoms with van der Waals surface area (Å²) in [5.74, 6) is -0.722. The molecule has 2 aromatic rings. The Morgan fingerprint density at radius 2 is 2.00 bits per heavy atom. The molecule has 0 fully saturated rings. The Morgan fingerprint density at radius 1 is 1.32 bits per heavy atom. The van der Waals surface area contributed by atoms with Gasteiger partial charge < -0.3 is 0 Å². The Balaban J connectivity index is 2.65. The molecule has 8 heteroatoms. The molecule has 1 aromatic heterocycles. The summed E-state index contributed by atoms with van der Waals surface area (Å²) in [4.78, 5) is 14.0. The number of aromatic nitrogens is 1. The normalized spacial score (nSPS) is 10.5. The van der Waals surface area contributed by atoms with Crippen molar-refractivity contribution in [3.05, 3.63) is 54.8 Å². The van der Waals surface area contributed by atoms with E-state index in [9.17, 15) is 14.5 Å². The van der Waals surface area contributed by atoms with Gasteiger partial charge in [0.1, 0.15) is 5.15 Å². The summed E-state index contributed by atoms with van der Waals surface area (Å²) in [5.41, 5.74) is -0.182. The molecule has 2 rings (SSSR count). The smallest absolute Gasteiger partial charge is 0.258 e. The molecule has 0 atom stereocenters. The summed E-state index contributed by atoms with van der Waals surface area (Å²) in [6, 6.07) is 5.15. The minimum Gasteiger partial charge on any atom is -0.258 e. The summed E-state index contributed by atoms with van der Waals surface area (Å²) in [6.45, 7) is 0. The summed E-state index contributed by atoms with van der Waals surface area (Å²) in [5, 5.41) is 10.5. The molecule has 0 N–H and O–H groups in total. The van der Waals surface area contributed by atoms with E-state index < -0.39 is 10.7 Å². The van der Waals surface area contributed by atoms with Gasteiger partial charge in [0, 0.05) is 16.1 Å². The number of hydrogen-bond donors (Lipinski definition) is 0. The van der Waals surface area contributed by atoms with Gasteiger partial charge in [-0.05, 0) is 28.1 Å². The van der Waals surface area contributed by atoms with E-state index in [1.54, 1.807) is 0 Å². The maximum Gasteiger partial charge on any atom is 0.274 e. The van der Waals surface area contributed by atoms with Gasteiger partial charge in [-0.2, -0.15) is 0 Å². The predicted octanol–water partition coefficient (Wildman–Crippen LogP) is 4.87. The molecule has 0 spiro atoms. The van der Waals surface area contributed by atoms with Crippen molar-refractivity contribution in [3.8, 4) is 11.3 Å². The fraction of sp³-hybridized carbons (Fsp3) is 0. The lowest BCUT2D eigenvalue weighted by atomic mass is 10.1. The van der Waals surface area contributed by atoms with E-state index in [2.05, 4.69) is 20.9 Å². The highest BCUT2D eigenvalue weighted by Gasteiger charge is 2.17. The van der Waals surface area contributed by atoms with E-state index in [0.717, 1.165) is 12.1 Å². The molecular weight excluding hydrogens is 362 g/mol. The molecule has 0 saturated heterocycles. The number of nitro groups is 1. The lowest BCUT2D eigenvalue weighted by molar-refractivity contribution is -0.384. The van der Waals surface area contributed by atoms with Crippen LogP contribution in [0.2, 0.25) is 10.2 Å². The molecule has 0 aliphatic rings. The molecule has 0 bridgehead atoms. The van der Waals surface area contributed by atoms with Gasteiger partial charge in [0.25, 0.3) is 5.69 Å². The summed E-state index contributed by atoms with van der Waals surface area (Å²) in [7, 11) is 0. The van der Waals surface area contributed by atoms with Gasteiger partial charge in [0.05, 0.1) is 21.7 Å². The molecule has 0 radical (unpaired) electrons. The number of rotatable bonds is 2. The van der Waals surface area contributed by atoms with Crippen molar-refractivity contribution < 1.29 is 9.31 Å². The minimum absolute atomic E-state index is 0.0406. The molecular formula is C11H4BrCl2FN2O2. The second-order valence-corrected chi connectivity index (χ2v) is 5.13. The first-order chi connectivity index (χ1) is 8.90. The first-order valence-corrected chi connectivity index (χ1v) is 6.41. The minimum atomic E-state index is -0.722. The van der Waals surface area contributed by atoms with Crippen molar-refractivity contribution in [2.75, 3.05) is 0 Å². The quantitative estimate of drug-likeness (QED) is 0.330. The molecule has 1 aromatic carbocycles. The van der Waals surface area contributed by atoms with E-state index in [-0.39, 0.29) is 27.1 Å². The van der Waals surface area contributed by atoms with E-state index in [1.807, 2.05) is 0 Å². The predicted molar refractivity (Wildman–Crippen MR) is 74.0 cm³/mol. The molecule has 19 heavy (non-hydrogen) atoms. The third-order valence-electron chi connectivity index (χ3n) is 2.30. The largest absolute Gasteiger partial charge is 0.274 e. The Hall–Kier alpha value is -1.24. The zero-order valence-electron chi connectivity index (χ0n) is 9.03. The van der Waals surface area contributed by atoms with Crippen LogP contribution in [0.4, 0.5) is 10.1 Å². The van der Waals surface area contributed by atoms with Crippen molar-refractivity contribution in [2.24, 2.45) is 0 Å². The second kappa shape index (κ2) is 5.40. The van der Waals surface area contributed by atoms with E-state index in [1.165, 1.54) is 12.1 Å². The van der Waals surface area contributed by atoms with Crippen LogP contribution in [-0.4, -0.2) is 9.91 Å². The van der Waals surface area contributed by atoms with Gasteiger partial charge >= 0.3 is 0 Å². The first-order valence-electron chi connectivity index (χ1n) is 4.86. The molecule has 1 heterocycles. The average molecular weight is 366 g/mol. The van der Waals surface area contributed by atoms with Gasteiger partial charge in [-0.1, -0.05) is 23.2 Å². The Bertz CT molecular complexity index is 682. The Labute approximate surface area is 125 Å². The van der Waals surface area contributed by atoms with Crippen LogP contribution in [0, 0.1) is 15.9 Å². The van der Waals surface area contributed by atoms with Gasteiger partial charge in [-0.15, -0.1) is 0 Å². The van der Waals surface area contributed by atoms with E-state index >= 15 is 0 Å². The zero-order chi connectivity index (χ0) is 14.2. The molecule has 0 aliphatic carbocycles. The first kappa shape index (κ1) is 14.2. The number of halogens is 4. The zero-order valence-corrected chi connectivity index (χ0v) is 12.1. The van der Waals surface area contributed by atoms with Crippen LogP contribution in [0.5, 0.6) is 0 Å². The van der Waals surface area contributed by atoms with Crippen LogP contribution < -0.4 is 0 Å². The van der Waals surface area contributed by atoms with Crippen LogP contribution in [-0.2, 0) is 0 Å². The number of hydrogen-bond acceptors (Lipinski definition) is 3. The third-order valence-corrected chi connectivity index (χ3v) is 3.75. The molecule has 98 valence electrons. The summed E-state index contributed by atoms with van der Waals surface area (Å²) in [6.07, 6.45) is 0. The van der Waals surface area contributed by atoms with Gasteiger partial charge in [0.2, 0.25) is 0 Å². The van der Waals surface area contributed by atoms with E-state index in [0.29, 0.717) is 4.47 Å². The highest BCUT2D eigenvalue weighted by Crippen LogP contribution is 2.34. The lowest BCUT2D eigenvalue weighted by Gasteiger charge is -2.06. The standard InChI is InChI=1S/C11H4BrCl2FN2O2/c12-7-2-1-6(11(15)10(7)14)8-3-5(17(18)19)4-9(13)16-8/h1-4H. The average Bonchev–Trinajstić information content (AvgIpc) is 2.35. The van der Waals surface area contributed by atoms with Gasteiger partial charge in [0.15, 0.2) is 5.82 Å². The van der Waals surface area contributed by atoms with Crippen molar-refractivity contribution in [3.63, 3.8) is 0 Å². The topological polar surface area (TPSA) is 56.0 Å². The fourth-order valence-electron chi connectivity index (χ4n) is 1.45. The van der Waals surface area contributed by atoms with Crippen molar-refractivity contribution in [2.45, 2.75) is 0 Å².